The molecule has 2 aromatic heterocycles. The van der Waals surface area contributed by atoms with Crippen LogP contribution in [0.2, 0.25) is 0 Å². The molecule has 10 heteroatoms. The van der Waals surface area contributed by atoms with E-state index in [9.17, 15) is 9.18 Å². The Labute approximate surface area is 189 Å². The molecule has 2 amide bonds. The summed E-state index contributed by atoms with van der Waals surface area (Å²) in [5, 5.41) is 17.1. The number of amides is 2. The molecule has 168 valence electrons. The molecule has 2 bridgehead atoms. The first kappa shape index (κ1) is 21.1. The maximum Gasteiger partial charge on any atom is 0.324 e. The number of nitrogens with zero attached hydrogens (tertiary/aromatic N) is 5. The van der Waals surface area contributed by atoms with E-state index < -0.39 is 0 Å². The third-order valence-corrected chi connectivity index (χ3v) is 7.20. The quantitative estimate of drug-likeness (QED) is 0.605. The maximum atomic E-state index is 13.2. The number of halogens is 1. The highest BCUT2D eigenvalue weighted by atomic mass is 32.1. The Bertz CT molecular complexity index is 1110. The third-order valence-electron chi connectivity index (χ3n) is 6.31. The molecule has 8 nitrogen and oxygen atoms in total. The number of urea groups is 1. The van der Waals surface area contributed by atoms with Crippen molar-refractivity contribution in [2.45, 2.75) is 57.2 Å². The van der Waals surface area contributed by atoms with Crippen LogP contribution in [0.25, 0.3) is 21.5 Å². The van der Waals surface area contributed by atoms with E-state index in [1.54, 1.807) is 6.20 Å². The maximum absolute atomic E-state index is 13.2. The number of fused-ring (bicyclic) bond motifs is 3. The summed E-state index contributed by atoms with van der Waals surface area (Å²) in [5.74, 6) is 0.295. The van der Waals surface area contributed by atoms with Gasteiger partial charge < -0.3 is 10.2 Å². The molecule has 2 aliphatic rings. The van der Waals surface area contributed by atoms with Crippen molar-refractivity contribution in [3.05, 3.63) is 29.4 Å². The van der Waals surface area contributed by atoms with Gasteiger partial charge in [-0.25, -0.2) is 19.2 Å². The molecule has 2 N–H and O–H groups in total. The molecule has 0 saturated carbocycles. The second kappa shape index (κ2) is 9.03. The predicted molar refractivity (Wildman–Crippen MR) is 122 cm³/mol. The lowest BCUT2D eigenvalue weighted by Crippen LogP contribution is -2.59. The Hall–Kier alpha value is -2.72. The average molecular weight is 456 g/mol. The van der Waals surface area contributed by atoms with Crippen molar-refractivity contribution in [2.24, 2.45) is 0 Å². The molecular weight excluding hydrogens is 429 g/mol. The molecule has 2 saturated heterocycles. The lowest BCUT2D eigenvalue weighted by atomic mass is 9.82. The highest BCUT2D eigenvalue weighted by Gasteiger charge is 2.40. The van der Waals surface area contributed by atoms with Gasteiger partial charge >= 0.3 is 6.03 Å². The zero-order valence-corrected chi connectivity index (χ0v) is 18.7. The van der Waals surface area contributed by atoms with Gasteiger partial charge in [0.25, 0.3) is 0 Å². The molecule has 3 aromatic rings. The lowest BCUT2D eigenvalue weighted by molar-refractivity contribution is 0.0610. The van der Waals surface area contributed by atoms with Crippen LogP contribution in [-0.2, 0) is 0 Å². The second-order valence-electron chi connectivity index (χ2n) is 8.48. The summed E-state index contributed by atoms with van der Waals surface area (Å²) in [4.78, 5) is 24.1. The van der Waals surface area contributed by atoms with Crippen LogP contribution in [0.1, 0.15) is 37.1 Å². The van der Waals surface area contributed by atoms with Gasteiger partial charge in [0, 0.05) is 41.8 Å². The molecule has 5 rings (SSSR count). The fourth-order valence-corrected chi connectivity index (χ4v) is 5.62. The number of rotatable bonds is 5. The average Bonchev–Trinajstić information content (AvgIpc) is 3.22. The highest BCUT2D eigenvalue weighted by Crippen LogP contribution is 2.34. The number of piperidine rings is 2. The van der Waals surface area contributed by atoms with Crippen molar-refractivity contribution in [3.8, 4) is 10.6 Å². The van der Waals surface area contributed by atoms with Crippen LogP contribution in [0, 0.1) is 6.92 Å². The third kappa shape index (κ3) is 4.29. The van der Waals surface area contributed by atoms with Crippen LogP contribution in [0.3, 0.4) is 0 Å². The van der Waals surface area contributed by atoms with Gasteiger partial charge in [-0.3, -0.25) is 5.32 Å². The molecule has 1 aromatic carbocycles. The fourth-order valence-electron chi connectivity index (χ4n) is 4.93. The molecule has 0 radical (unpaired) electrons. The number of anilines is 1. The number of carbonyl (C=O) groups excluding carboxylic acids is 1. The zero-order chi connectivity index (χ0) is 22.1. The predicted octanol–water partition coefficient (Wildman–Crippen LogP) is 3.93. The van der Waals surface area contributed by atoms with E-state index in [-0.39, 0.29) is 30.8 Å². The summed E-state index contributed by atoms with van der Waals surface area (Å²) in [6, 6.07) is 6.31. The van der Waals surface area contributed by atoms with Gasteiger partial charge in [0.05, 0.1) is 5.52 Å². The van der Waals surface area contributed by atoms with Crippen molar-refractivity contribution in [1.82, 2.24) is 30.4 Å². The van der Waals surface area contributed by atoms with Gasteiger partial charge in [-0.15, -0.1) is 10.2 Å². The first-order valence-electron chi connectivity index (χ1n) is 11.1. The largest absolute Gasteiger partial charge is 0.324 e. The number of nitrogens with one attached hydrogen (secondary N) is 2. The molecule has 32 heavy (non-hydrogen) atoms. The summed E-state index contributed by atoms with van der Waals surface area (Å²) in [6.45, 7) is 1.93. The first-order chi connectivity index (χ1) is 15.6. The number of carbonyl (C=O) groups is 1. The first-order valence-corrected chi connectivity index (χ1v) is 11.9. The van der Waals surface area contributed by atoms with Crippen molar-refractivity contribution in [2.75, 3.05) is 18.5 Å². The van der Waals surface area contributed by atoms with Gasteiger partial charge in [0.15, 0.2) is 0 Å². The minimum Gasteiger partial charge on any atom is -0.318 e. The van der Waals surface area contributed by atoms with E-state index >= 15 is 0 Å². The summed E-state index contributed by atoms with van der Waals surface area (Å²) in [5.41, 5.74) is 1.69. The lowest BCUT2D eigenvalue weighted by Gasteiger charge is -2.48. The van der Waals surface area contributed by atoms with Crippen LogP contribution in [0.4, 0.5) is 15.1 Å². The van der Waals surface area contributed by atoms with Crippen LogP contribution in [-0.4, -0.2) is 62.4 Å². The summed E-state index contributed by atoms with van der Waals surface area (Å²) in [7, 11) is 0. The number of hydrogen-bond donors (Lipinski definition) is 2. The van der Waals surface area contributed by atoms with Gasteiger partial charge in [0.2, 0.25) is 5.95 Å². The van der Waals surface area contributed by atoms with Gasteiger partial charge in [-0.2, -0.15) is 0 Å². The molecule has 1 unspecified atom stereocenters. The molecule has 2 aliphatic heterocycles. The van der Waals surface area contributed by atoms with E-state index in [2.05, 4.69) is 30.8 Å². The molecule has 4 heterocycles. The topological polar surface area (TPSA) is 95.9 Å². The molecular formula is C22H26FN7OS. The number of aryl methyl sites for hydroxylation is 1. The Morgan fingerprint density at radius 3 is 2.78 bits per heavy atom. The SMILES string of the molecule is Cc1nnc(-c2ccc3cnc(NC(=O)N4[C@@H]5CCC[C@H]4CC(NCCF)C5)nc3c2)s1. The zero-order valence-electron chi connectivity index (χ0n) is 17.9. The van der Waals surface area contributed by atoms with E-state index in [1.165, 1.54) is 11.3 Å². The van der Waals surface area contributed by atoms with Crippen molar-refractivity contribution >= 4 is 34.2 Å². The van der Waals surface area contributed by atoms with Crippen molar-refractivity contribution in [1.29, 1.82) is 0 Å². The second-order valence-corrected chi connectivity index (χ2v) is 9.66. The molecule has 0 spiro atoms. The summed E-state index contributed by atoms with van der Waals surface area (Å²) >= 11 is 1.53. The van der Waals surface area contributed by atoms with Crippen LogP contribution in [0.5, 0.6) is 0 Å². The summed E-state index contributed by atoms with van der Waals surface area (Å²) < 4.78 is 12.6. The van der Waals surface area contributed by atoms with Crippen molar-refractivity contribution < 1.29 is 9.18 Å². The smallest absolute Gasteiger partial charge is 0.318 e. The minimum atomic E-state index is -0.365. The Balaban J connectivity index is 1.33. The van der Waals surface area contributed by atoms with E-state index in [1.807, 2.05) is 30.0 Å². The normalized spacial score (nSPS) is 22.8. The summed E-state index contributed by atoms with van der Waals surface area (Å²) in [6.07, 6.45) is 6.50. The monoisotopic (exact) mass is 455 g/mol. The van der Waals surface area contributed by atoms with Gasteiger partial charge in [0.1, 0.15) is 16.7 Å². The number of alkyl halides is 1. The van der Waals surface area contributed by atoms with E-state index in [0.29, 0.717) is 12.5 Å². The molecule has 3 atom stereocenters. The Kier molecular flexibility index (Phi) is 5.97. The number of aromatic nitrogens is 4. The van der Waals surface area contributed by atoms with Crippen LogP contribution in [0.15, 0.2) is 24.4 Å². The number of benzene rings is 1. The van der Waals surface area contributed by atoms with E-state index in [4.69, 9.17) is 0 Å². The van der Waals surface area contributed by atoms with Gasteiger partial charge in [-0.05, 0) is 45.1 Å². The van der Waals surface area contributed by atoms with Gasteiger partial charge in [-0.1, -0.05) is 23.5 Å². The highest BCUT2D eigenvalue weighted by molar-refractivity contribution is 7.14. The molecule has 0 aliphatic carbocycles. The van der Waals surface area contributed by atoms with Crippen molar-refractivity contribution in [3.63, 3.8) is 0 Å². The van der Waals surface area contributed by atoms with Crippen LogP contribution < -0.4 is 10.6 Å². The fraction of sp³-hybridized carbons (Fsp3) is 0.500. The van der Waals surface area contributed by atoms with E-state index in [0.717, 1.165) is 58.6 Å². The minimum absolute atomic E-state index is 0.154. The molecule has 2 fully saturated rings. The standard InChI is InChI=1S/C22H26FN7OS/c1-13-28-29-20(32-13)14-5-6-15-12-25-21(26-19(15)9-14)27-22(31)30-17-3-2-4-18(30)11-16(10-17)24-8-7-23/h5-6,9,12,16-18,24H,2-4,7-8,10-11H2,1H3,(H,25,26,27,31)/t16?,17-,18+. The Morgan fingerprint density at radius 2 is 2.06 bits per heavy atom. The number of hydrogen-bond acceptors (Lipinski definition) is 7. The Morgan fingerprint density at radius 1 is 1.25 bits per heavy atom. The van der Waals surface area contributed by atoms with Crippen LogP contribution >= 0.6 is 11.3 Å².